The van der Waals surface area contributed by atoms with Crippen LogP contribution in [0, 0.1) is 5.92 Å². The number of ether oxygens (including phenoxy) is 1. The molecule has 2 unspecified atom stereocenters. The topological polar surface area (TPSA) is 79.7 Å². The number of pyridine rings is 1. The Bertz CT molecular complexity index is 1620. The Hall–Kier alpha value is -4.19. The molecule has 2 atom stereocenters. The van der Waals surface area contributed by atoms with E-state index in [1.807, 2.05) is 66.7 Å². The predicted octanol–water partition coefficient (Wildman–Crippen LogP) is 8.49. The molecule has 1 saturated heterocycles. The second-order valence-corrected chi connectivity index (χ2v) is 13.1. The minimum Gasteiger partial charge on any atom is -0.480 e. The standard InChI is InChI=1S/C37H40N2O4/c1-37(2,3)27-14-17-28(18-15-27)43-29-16-13-26-22-32(38-31(30(26)23-29)21-24-9-7-8-10-24)35(40)39-33(19-20-34(39)36(41)42)25-11-5-4-6-12-25/h4-6,11-18,22-24,33-34H,7-10,19-21H2,1-3H3,(H,41,42). The molecular weight excluding hydrogens is 536 g/mol. The minimum atomic E-state index is -0.976. The van der Waals surface area contributed by atoms with Gasteiger partial charge in [-0.05, 0) is 77.4 Å². The van der Waals surface area contributed by atoms with Crippen molar-refractivity contribution >= 4 is 22.6 Å². The van der Waals surface area contributed by atoms with Gasteiger partial charge in [-0.3, -0.25) is 4.79 Å². The lowest BCUT2D eigenvalue weighted by molar-refractivity contribution is -0.141. The third kappa shape index (κ3) is 6.15. The molecule has 1 N–H and O–H groups in total. The summed E-state index contributed by atoms with van der Waals surface area (Å²) in [6.07, 6.45) is 6.54. The fourth-order valence-electron chi connectivity index (χ4n) is 6.74. The van der Waals surface area contributed by atoms with Gasteiger partial charge >= 0.3 is 5.97 Å². The molecule has 0 radical (unpaired) electrons. The fraction of sp³-hybridized carbons (Fsp3) is 0.378. The number of hydrogen-bond donors (Lipinski definition) is 1. The van der Waals surface area contributed by atoms with Crippen LogP contribution in [0.2, 0.25) is 0 Å². The zero-order valence-corrected chi connectivity index (χ0v) is 25.3. The molecular formula is C37H40N2O4. The molecule has 6 rings (SSSR count). The monoisotopic (exact) mass is 576 g/mol. The van der Waals surface area contributed by atoms with Gasteiger partial charge in [0, 0.05) is 11.1 Å². The highest BCUT2D eigenvalue weighted by Crippen LogP contribution is 2.39. The minimum absolute atomic E-state index is 0.0676. The highest BCUT2D eigenvalue weighted by Gasteiger charge is 2.42. The summed E-state index contributed by atoms with van der Waals surface area (Å²) < 4.78 is 6.27. The van der Waals surface area contributed by atoms with Crippen LogP contribution in [0.5, 0.6) is 11.5 Å². The maximum Gasteiger partial charge on any atom is 0.326 e. The Labute approximate surface area is 253 Å². The Morgan fingerprint density at radius 1 is 0.884 bits per heavy atom. The molecule has 43 heavy (non-hydrogen) atoms. The summed E-state index contributed by atoms with van der Waals surface area (Å²) in [6.45, 7) is 6.58. The third-order valence-electron chi connectivity index (χ3n) is 9.10. The summed E-state index contributed by atoms with van der Waals surface area (Å²) in [5.74, 6) is 0.708. The number of benzene rings is 3. The van der Waals surface area contributed by atoms with Crippen molar-refractivity contribution in [1.82, 2.24) is 9.88 Å². The van der Waals surface area contributed by atoms with Gasteiger partial charge in [-0.2, -0.15) is 0 Å². The van der Waals surface area contributed by atoms with Crippen LogP contribution in [0.1, 0.15) is 92.6 Å². The van der Waals surface area contributed by atoms with Gasteiger partial charge in [0.05, 0.1) is 6.04 Å². The van der Waals surface area contributed by atoms with Gasteiger partial charge in [-0.15, -0.1) is 0 Å². The molecule has 222 valence electrons. The van der Waals surface area contributed by atoms with Crippen LogP contribution in [0.3, 0.4) is 0 Å². The van der Waals surface area contributed by atoms with Crippen molar-refractivity contribution < 1.29 is 19.4 Å². The SMILES string of the molecule is CC(C)(C)c1ccc(Oc2ccc3cc(C(=O)N4C(C(=O)O)CCC4c4ccccc4)nc(CC4CCCC4)c3c2)cc1. The smallest absolute Gasteiger partial charge is 0.326 e. The summed E-state index contributed by atoms with van der Waals surface area (Å²) in [5, 5.41) is 11.9. The molecule has 0 spiro atoms. The van der Waals surface area contributed by atoms with E-state index in [0.717, 1.165) is 52.8 Å². The lowest BCUT2D eigenvalue weighted by Gasteiger charge is -2.29. The van der Waals surface area contributed by atoms with E-state index >= 15 is 0 Å². The Kier molecular flexibility index (Phi) is 7.95. The number of fused-ring (bicyclic) bond motifs is 1. The number of carboxylic acids is 1. The molecule has 1 aliphatic carbocycles. The lowest BCUT2D eigenvalue weighted by atomic mass is 9.87. The maximum atomic E-state index is 14.2. The van der Waals surface area contributed by atoms with Gasteiger partial charge in [0.1, 0.15) is 23.2 Å². The van der Waals surface area contributed by atoms with Crippen LogP contribution in [-0.2, 0) is 16.6 Å². The molecule has 2 heterocycles. The number of carboxylic acid groups (broad SMARTS) is 1. The molecule has 6 nitrogen and oxygen atoms in total. The van der Waals surface area contributed by atoms with Gasteiger partial charge in [-0.1, -0.05) is 95.0 Å². The molecule has 6 heteroatoms. The molecule has 3 aromatic carbocycles. The quantitative estimate of drug-likeness (QED) is 0.239. The lowest BCUT2D eigenvalue weighted by Crippen LogP contribution is -2.42. The van der Waals surface area contributed by atoms with Crippen molar-refractivity contribution in [2.75, 3.05) is 0 Å². The Balaban J connectivity index is 1.36. The van der Waals surface area contributed by atoms with Gasteiger partial charge < -0.3 is 14.7 Å². The first-order chi connectivity index (χ1) is 20.7. The van der Waals surface area contributed by atoms with Crippen LogP contribution in [0.15, 0.2) is 78.9 Å². The highest BCUT2D eigenvalue weighted by atomic mass is 16.5. The van der Waals surface area contributed by atoms with E-state index in [0.29, 0.717) is 24.5 Å². The van der Waals surface area contributed by atoms with Gasteiger partial charge in [0.25, 0.3) is 5.91 Å². The number of likely N-dealkylation sites (tertiary alicyclic amines) is 1. The summed E-state index contributed by atoms with van der Waals surface area (Å²) in [5.41, 5.74) is 3.45. The van der Waals surface area contributed by atoms with Crippen LogP contribution in [-0.4, -0.2) is 32.9 Å². The summed E-state index contributed by atoms with van der Waals surface area (Å²) in [4.78, 5) is 32.9. The van der Waals surface area contributed by atoms with Crippen molar-refractivity contribution in [1.29, 1.82) is 0 Å². The Morgan fingerprint density at radius 2 is 1.58 bits per heavy atom. The molecule has 1 amide bonds. The van der Waals surface area contributed by atoms with Crippen molar-refractivity contribution in [3.05, 3.63) is 101 Å². The molecule has 1 saturated carbocycles. The first-order valence-electron chi connectivity index (χ1n) is 15.5. The maximum absolute atomic E-state index is 14.2. The third-order valence-corrected chi connectivity index (χ3v) is 9.10. The van der Waals surface area contributed by atoms with E-state index in [2.05, 4.69) is 32.9 Å². The van der Waals surface area contributed by atoms with E-state index in [1.54, 1.807) is 4.90 Å². The predicted molar refractivity (Wildman–Crippen MR) is 169 cm³/mol. The van der Waals surface area contributed by atoms with Crippen LogP contribution in [0.25, 0.3) is 10.8 Å². The van der Waals surface area contributed by atoms with Gasteiger partial charge in [0.15, 0.2) is 0 Å². The molecule has 4 aromatic rings. The zero-order valence-electron chi connectivity index (χ0n) is 25.3. The highest BCUT2D eigenvalue weighted by molar-refractivity contribution is 5.99. The van der Waals surface area contributed by atoms with E-state index in [-0.39, 0.29) is 17.4 Å². The number of carbonyl (C=O) groups excluding carboxylic acids is 1. The van der Waals surface area contributed by atoms with Gasteiger partial charge in [0.2, 0.25) is 0 Å². The second kappa shape index (κ2) is 11.8. The number of nitrogens with zero attached hydrogens (tertiary/aromatic N) is 2. The summed E-state index contributed by atoms with van der Waals surface area (Å²) in [7, 11) is 0. The molecule has 1 aromatic heterocycles. The summed E-state index contributed by atoms with van der Waals surface area (Å²) in [6, 6.07) is 24.5. The Morgan fingerprint density at radius 3 is 2.26 bits per heavy atom. The van der Waals surface area contributed by atoms with Crippen molar-refractivity contribution in [2.24, 2.45) is 5.92 Å². The van der Waals surface area contributed by atoms with Crippen molar-refractivity contribution in [2.45, 2.75) is 83.2 Å². The average Bonchev–Trinajstić information content (AvgIpc) is 3.68. The molecule has 1 aliphatic heterocycles. The number of rotatable bonds is 7. The van der Waals surface area contributed by atoms with Gasteiger partial charge in [-0.25, -0.2) is 9.78 Å². The van der Waals surface area contributed by atoms with Crippen LogP contribution < -0.4 is 4.74 Å². The molecule has 0 bridgehead atoms. The second-order valence-electron chi connectivity index (χ2n) is 13.1. The van der Waals surface area contributed by atoms with Crippen molar-refractivity contribution in [3.63, 3.8) is 0 Å². The first-order valence-corrected chi connectivity index (χ1v) is 15.5. The first kappa shape index (κ1) is 28.9. The zero-order chi connectivity index (χ0) is 30.1. The number of amides is 1. The molecule has 2 fully saturated rings. The normalized spacial score (nSPS) is 19.2. The van der Waals surface area contributed by atoms with E-state index in [1.165, 1.54) is 18.4 Å². The number of aromatic nitrogens is 1. The van der Waals surface area contributed by atoms with E-state index < -0.39 is 12.0 Å². The number of aliphatic carboxylic acids is 1. The average molecular weight is 577 g/mol. The molecule has 2 aliphatic rings. The van der Waals surface area contributed by atoms with E-state index in [9.17, 15) is 14.7 Å². The van der Waals surface area contributed by atoms with Crippen LogP contribution >= 0.6 is 0 Å². The van der Waals surface area contributed by atoms with E-state index in [4.69, 9.17) is 9.72 Å². The number of hydrogen-bond acceptors (Lipinski definition) is 4. The number of carbonyl (C=O) groups is 2. The largest absolute Gasteiger partial charge is 0.480 e. The fourth-order valence-corrected chi connectivity index (χ4v) is 6.74. The summed E-state index contributed by atoms with van der Waals surface area (Å²) >= 11 is 0. The van der Waals surface area contributed by atoms with Crippen LogP contribution in [0.4, 0.5) is 0 Å². The van der Waals surface area contributed by atoms with Crippen molar-refractivity contribution in [3.8, 4) is 11.5 Å².